The average Bonchev–Trinajstić information content (AvgIpc) is 3.53. The zero-order chi connectivity index (χ0) is 20.6. The molecule has 4 aliphatic rings. The maximum atomic E-state index is 4.84. The maximum absolute atomic E-state index is 4.84. The van der Waals surface area contributed by atoms with Gasteiger partial charge >= 0.3 is 0 Å². The fourth-order valence-corrected chi connectivity index (χ4v) is 6.72. The molecule has 0 atom stereocenters. The molecule has 30 heavy (non-hydrogen) atoms. The highest BCUT2D eigenvalue weighted by molar-refractivity contribution is 5.99. The average molecular weight is 404 g/mol. The molecule has 0 aromatic heterocycles. The first-order valence-electron chi connectivity index (χ1n) is 12.2. The summed E-state index contributed by atoms with van der Waals surface area (Å²) in [5, 5.41) is 3.81. The number of aliphatic imine (C=N–C) groups is 2. The minimum atomic E-state index is 0.403. The normalized spacial score (nSPS) is 31.7. The van der Waals surface area contributed by atoms with E-state index in [1.54, 1.807) is 0 Å². The molecule has 1 aromatic rings. The Kier molecular flexibility index (Phi) is 5.33. The summed E-state index contributed by atoms with van der Waals surface area (Å²) < 4.78 is 0. The van der Waals surface area contributed by atoms with Gasteiger partial charge in [0.2, 0.25) is 0 Å². The van der Waals surface area contributed by atoms with Gasteiger partial charge in [0.1, 0.15) is 0 Å². The lowest BCUT2D eigenvalue weighted by Gasteiger charge is -2.28. The molecular formula is C27H37N3. The van der Waals surface area contributed by atoms with E-state index in [9.17, 15) is 0 Å². The van der Waals surface area contributed by atoms with Crippen LogP contribution in [0, 0.1) is 16.7 Å². The highest BCUT2D eigenvalue weighted by Crippen LogP contribution is 2.62. The van der Waals surface area contributed by atoms with Crippen LogP contribution in [-0.2, 0) is 0 Å². The Morgan fingerprint density at radius 1 is 1.13 bits per heavy atom. The van der Waals surface area contributed by atoms with Crippen molar-refractivity contribution in [2.45, 2.75) is 77.6 Å². The van der Waals surface area contributed by atoms with E-state index in [0.717, 1.165) is 18.9 Å². The number of rotatable bonds is 6. The van der Waals surface area contributed by atoms with Crippen LogP contribution in [0.2, 0.25) is 0 Å². The molecule has 2 bridgehead atoms. The van der Waals surface area contributed by atoms with Crippen molar-refractivity contribution >= 4 is 22.7 Å². The van der Waals surface area contributed by atoms with Crippen LogP contribution in [0.25, 0.3) is 5.57 Å². The maximum Gasteiger partial charge on any atom is 0.0346 e. The van der Waals surface area contributed by atoms with Crippen molar-refractivity contribution in [1.82, 2.24) is 0 Å². The van der Waals surface area contributed by atoms with E-state index < -0.39 is 0 Å². The van der Waals surface area contributed by atoms with E-state index in [-0.39, 0.29) is 0 Å². The third kappa shape index (κ3) is 3.65. The van der Waals surface area contributed by atoms with Gasteiger partial charge in [0.15, 0.2) is 0 Å². The summed E-state index contributed by atoms with van der Waals surface area (Å²) in [4.78, 5) is 9.40. The van der Waals surface area contributed by atoms with Gasteiger partial charge in [-0.2, -0.15) is 0 Å². The number of hydrogen-bond donors (Lipinski definition) is 1. The molecule has 1 aromatic carbocycles. The molecular weight excluding hydrogens is 366 g/mol. The summed E-state index contributed by atoms with van der Waals surface area (Å²) in [6, 6.07) is 9.04. The highest BCUT2D eigenvalue weighted by Gasteiger charge is 2.55. The molecule has 0 amide bonds. The van der Waals surface area contributed by atoms with Gasteiger partial charge in [0.25, 0.3) is 0 Å². The fraction of sp³-hybridized carbons (Fsp3) is 0.630. The van der Waals surface area contributed by atoms with Crippen LogP contribution in [0.3, 0.4) is 0 Å². The molecule has 3 aliphatic carbocycles. The standard InChI is InChI=1S/C27H37N3/c1-20(28-2)27-13-11-26(18-27,12-14-27)19-30-24-10-6-9-22(15-24)23-16-25(29-17-23)21-7-4-3-5-8-21/h6,9-10,15,17,21,30H,3-5,7-8,11-14,16,18-19H2,1-2H3. The molecule has 0 saturated heterocycles. The third-order valence-corrected chi connectivity index (χ3v) is 8.82. The minimum Gasteiger partial charge on any atom is -0.384 e. The first-order valence-corrected chi connectivity index (χ1v) is 12.2. The Morgan fingerprint density at radius 3 is 2.70 bits per heavy atom. The zero-order valence-corrected chi connectivity index (χ0v) is 18.8. The zero-order valence-electron chi connectivity index (χ0n) is 18.8. The Labute approximate surface area is 182 Å². The molecule has 1 heterocycles. The van der Waals surface area contributed by atoms with E-state index in [0.29, 0.717) is 10.8 Å². The number of nitrogens with one attached hydrogen (secondary N) is 1. The van der Waals surface area contributed by atoms with Gasteiger partial charge in [0.05, 0.1) is 0 Å². The van der Waals surface area contributed by atoms with Crippen molar-refractivity contribution in [3.63, 3.8) is 0 Å². The summed E-state index contributed by atoms with van der Waals surface area (Å²) in [5.41, 5.74) is 7.68. The fourth-order valence-electron chi connectivity index (χ4n) is 6.72. The van der Waals surface area contributed by atoms with E-state index in [4.69, 9.17) is 4.99 Å². The summed E-state index contributed by atoms with van der Waals surface area (Å²) in [7, 11) is 1.97. The van der Waals surface area contributed by atoms with Gasteiger partial charge < -0.3 is 5.32 Å². The summed E-state index contributed by atoms with van der Waals surface area (Å²) in [6.45, 7) is 3.34. The van der Waals surface area contributed by atoms with E-state index >= 15 is 0 Å². The Hall–Kier alpha value is -1.90. The van der Waals surface area contributed by atoms with Crippen LogP contribution < -0.4 is 5.32 Å². The SMILES string of the molecule is CN=C(C)C12CCC(CNc3cccc(C4=CN=C(C5CCCCC5)C4)c3)(CC1)C2. The van der Waals surface area contributed by atoms with Crippen molar-refractivity contribution in [1.29, 1.82) is 0 Å². The lowest BCUT2D eigenvalue weighted by Crippen LogP contribution is -2.24. The Bertz CT molecular complexity index is 877. The number of nitrogens with zero attached hydrogens (tertiary/aromatic N) is 2. The van der Waals surface area contributed by atoms with E-state index in [1.807, 2.05) is 7.05 Å². The number of fused-ring (bicyclic) bond motifs is 2. The third-order valence-electron chi connectivity index (χ3n) is 8.82. The molecule has 0 unspecified atom stereocenters. The molecule has 0 spiro atoms. The Morgan fingerprint density at radius 2 is 1.93 bits per heavy atom. The van der Waals surface area contributed by atoms with Crippen LogP contribution in [0.15, 0.2) is 40.5 Å². The van der Waals surface area contributed by atoms with E-state index in [1.165, 1.54) is 92.5 Å². The number of hydrogen-bond acceptors (Lipinski definition) is 3. The summed E-state index contributed by atoms with van der Waals surface area (Å²) in [5.74, 6) is 0.730. The van der Waals surface area contributed by atoms with Gasteiger partial charge in [-0.3, -0.25) is 9.98 Å². The second kappa shape index (κ2) is 7.98. The van der Waals surface area contributed by atoms with Crippen LogP contribution in [0.4, 0.5) is 5.69 Å². The second-order valence-electron chi connectivity index (χ2n) is 10.5. The highest BCUT2D eigenvalue weighted by atomic mass is 14.9. The smallest absolute Gasteiger partial charge is 0.0346 e. The van der Waals surface area contributed by atoms with Crippen molar-refractivity contribution in [2.75, 3.05) is 18.9 Å². The van der Waals surface area contributed by atoms with Gasteiger partial charge in [-0.05, 0) is 86.5 Å². The molecule has 3 nitrogen and oxygen atoms in total. The second-order valence-corrected chi connectivity index (χ2v) is 10.5. The molecule has 1 aliphatic heterocycles. The Balaban J connectivity index is 1.21. The molecule has 3 fully saturated rings. The molecule has 3 heteroatoms. The lowest BCUT2D eigenvalue weighted by molar-refractivity contribution is 0.312. The molecule has 5 rings (SSSR count). The van der Waals surface area contributed by atoms with Gasteiger partial charge in [-0.15, -0.1) is 0 Å². The summed E-state index contributed by atoms with van der Waals surface area (Å²) >= 11 is 0. The van der Waals surface area contributed by atoms with Gasteiger partial charge in [0, 0.05) is 48.7 Å². The predicted octanol–water partition coefficient (Wildman–Crippen LogP) is 6.91. The number of anilines is 1. The molecule has 3 saturated carbocycles. The largest absolute Gasteiger partial charge is 0.384 e. The quantitative estimate of drug-likeness (QED) is 0.515. The molecule has 160 valence electrons. The van der Waals surface area contributed by atoms with Gasteiger partial charge in [-0.1, -0.05) is 31.4 Å². The first-order chi connectivity index (χ1) is 14.6. The number of benzene rings is 1. The topological polar surface area (TPSA) is 36.8 Å². The van der Waals surface area contributed by atoms with E-state index in [2.05, 4.69) is 47.7 Å². The van der Waals surface area contributed by atoms with Crippen LogP contribution in [0.5, 0.6) is 0 Å². The van der Waals surface area contributed by atoms with Crippen LogP contribution >= 0.6 is 0 Å². The van der Waals surface area contributed by atoms with Crippen molar-refractivity contribution in [3.05, 3.63) is 36.0 Å². The van der Waals surface area contributed by atoms with Crippen molar-refractivity contribution in [3.8, 4) is 0 Å². The number of allylic oxidation sites excluding steroid dienone is 1. The lowest BCUT2D eigenvalue weighted by atomic mass is 9.79. The van der Waals surface area contributed by atoms with Gasteiger partial charge in [-0.25, -0.2) is 0 Å². The minimum absolute atomic E-state index is 0.403. The summed E-state index contributed by atoms with van der Waals surface area (Å²) in [6.07, 6.45) is 16.7. The van der Waals surface area contributed by atoms with Crippen molar-refractivity contribution in [2.24, 2.45) is 26.7 Å². The first kappa shape index (κ1) is 20.0. The predicted molar refractivity (Wildman–Crippen MR) is 129 cm³/mol. The molecule has 1 N–H and O–H groups in total. The van der Waals surface area contributed by atoms with Crippen LogP contribution in [-0.4, -0.2) is 25.0 Å². The molecule has 0 radical (unpaired) electrons. The van der Waals surface area contributed by atoms with Crippen LogP contribution in [0.1, 0.15) is 83.1 Å². The van der Waals surface area contributed by atoms with Crippen molar-refractivity contribution < 1.29 is 0 Å². The monoisotopic (exact) mass is 403 g/mol.